The Bertz CT molecular complexity index is 443. The highest BCUT2D eigenvalue weighted by atomic mass is 79.9. The van der Waals surface area contributed by atoms with Crippen LogP contribution in [0.25, 0.3) is 0 Å². The van der Waals surface area contributed by atoms with E-state index >= 15 is 0 Å². The second-order valence-corrected chi connectivity index (χ2v) is 5.83. The van der Waals surface area contributed by atoms with E-state index in [1.165, 1.54) is 0 Å². The van der Waals surface area contributed by atoms with Crippen LogP contribution in [0.1, 0.15) is 18.4 Å². The Morgan fingerprint density at radius 1 is 1.53 bits per heavy atom. The van der Waals surface area contributed by atoms with Crippen LogP contribution in [0, 0.1) is 5.82 Å². The maximum atomic E-state index is 14.1. The van der Waals surface area contributed by atoms with Crippen LogP contribution in [-0.2, 0) is 5.60 Å². The molecule has 0 aromatic heterocycles. The first-order valence-corrected chi connectivity index (χ1v) is 6.66. The first-order chi connectivity index (χ1) is 7.94. The highest BCUT2D eigenvalue weighted by Crippen LogP contribution is 2.37. The molecule has 2 rings (SSSR count). The van der Waals surface area contributed by atoms with Crippen molar-refractivity contribution in [1.82, 2.24) is 4.90 Å². The number of halogens is 3. The van der Waals surface area contributed by atoms with Crippen LogP contribution in [0.2, 0.25) is 5.02 Å². The van der Waals surface area contributed by atoms with Crippen molar-refractivity contribution in [1.29, 1.82) is 0 Å². The van der Waals surface area contributed by atoms with Crippen LogP contribution >= 0.6 is 27.5 Å². The molecule has 0 bridgehead atoms. The van der Waals surface area contributed by atoms with E-state index in [-0.39, 0.29) is 10.6 Å². The fraction of sp³-hybridized carbons (Fsp3) is 0.500. The number of piperidine rings is 1. The number of rotatable bonds is 1. The number of benzene rings is 1. The third kappa shape index (κ3) is 2.50. The summed E-state index contributed by atoms with van der Waals surface area (Å²) in [6.45, 7) is 1.36. The summed E-state index contributed by atoms with van der Waals surface area (Å²) in [5.74, 6) is -0.529. The molecule has 5 heteroatoms. The van der Waals surface area contributed by atoms with Crippen LogP contribution in [0.3, 0.4) is 0 Å². The lowest BCUT2D eigenvalue weighted by Crippen LogP contribution is -2.44. The Morgan fingerprint density at radius 2 is 2.24 bits per heavy atom. The normalized spacial score (nSPS) is 26.2. The molecule has 0 radical (unpaired) electrons. The number of nitrogens with zero attached hydrogens (tertiary/aromatic N) is 1. The lowest BCUT2D eigenvalue weighted by molar-refractivity contribution is -0.0303. The van der Waals surface area contributed by atoms with Gasteiger partial charge in [-0.3, -0.25) is 0 Å². The molecule has 1 aromatic rings. The summed E-state index contributed by atoms with van der Waals surface area (Å²) in [6.07, 6.45) is 1.41. The Labute approximate surface area is 114 Å². The molecule has 1 unspecified atom stereocenters. The number of hydrogen-bond acceptors (Lipinski definition) is 2. The van der Waals surface area contributed by atoms with E-state index < -0.39 is 11.4 Å². The lowest BCUT2D eigenvalue weighted by atomic mass is 9.85. The van der Waals surface area contributed by atoms with Crippen molar-refractivity contribution in [2.75, 3.05) is 20.1 Å². The first kappa shape index (κ1) is 13.3. The minimum atomic E-state index is -1.14. The molecule has 1 saturated heterocycles. The molecule has 0 aliphatic carbocycles. The smallest absolute Gasteiger partial charge is 0.149 e. The summed E-state index contributed by atoms with van der Waals surface area (Å²) in [6, 6.07) is 3.28. The molecular weight excluding hydrogens is 308 g/mol. The van der Waals surface area contributed by atoms with Gasteiger partial charge in [-0.05, 0) is 48.4 Å². The standard InChI is InChI=1S/C12H14BrClFNO/c1-16-6-2-5-12(17,7-16)8-3-4-9(13)10(14)11(8)15/h3-4,17H,2,5-7H2,1H3. The number of likely N-dealkylation sites (N-methyl/N-ethyl adjacent to an activating group) is 1. The van der Waals surface area contributed by atoms with Crippen molar-refractivity contribution >= 4 is 27.5 Å². The van der Waals surface area contributed by atoms with Gasteiger partial charge in [0.25, 0.3) is 0 Å². The quantitative estimate of drug-likeness (QED) is 0.803. The number of aliphatic hydroxyl groups is 1. The third-order valence-electron chi connectivity index (χ3n) is 3.20. The van der Waals surface area contributed by atoms with Gasteiger partial charge in [-0.15, -0.1) is 0 Å². The van der Waals surface area contributed by atoms with Gasteiger partial charge in [0.05, 0.1) is 5.02 Å². The highest BCUT2D eigenvalue weighted by molar-refractivity contribution is 9.10. The van der Waals surface area contributed by atoms with Gasteiger partial charge < -0.3 is 10.0 Å². The van der Waals surface area contributed by atoms with Crippen molar-refractivity contribution in [3.63, 3.8) is 0 Å². The molecule has 1 fully saturated rings. The molecule has 1 heterocycles. The SMILES string of the molecule is CN1CCCC(O)(c2ccc(Br)c(Cl)c2F)C1. The van der Waals surface area contributed by atoms with E-state index in [9.17, 15) is 9.50 Å². The van der Waals surface area contributed by atoms with Gasteiger partial charge in [-0.2, -0.15) is 0 Å². The van der Waals surface area contributed by atoms with Crippen LogP contribution < -0.4 is 0 Å². The molecule has 1 atom stereocenters. The molecule has 1 aromatic carbocycles. The first-order valence-electron chi connectivity index (χ1n) is 5.49. The summed E-state index contributed by atoms with van der Waals surface area (Å²) in [5.41, 5.74) is -0.848. The Morgan fingerprint density at radius 3 is 2.88 bits per heavy atom. The largest absolute Gasteiger partial charge is 0.384 e. The van der Waals surface area contributed by atoms with Gasteiger partial charge in [-0.25, -0.2) is 4.39 Å². The summed E-state index contributed by atoms with van der Waals surface area (Å²) in [5, 5.41) is 10.6. The summed E-state index contributed by atoms with van der Waals surface area (Å²) in [7, 11) is 1.92. The average Bonchev–Trinajstić information content (AvgIpc) is 2.25. The van der Waals surface area contributed by atoms with Crippen LogP contribution in [-0.4, -0.2) is 30.1 Å². The molecule has 0 saturated carbocycles. The Hall–Kier alpha value is -0.160. The monoisotopic (exact) mass is 321 g/mol. The van der Waals surface area contributed by atoms with E-state index in [0.717, 1.165) is 13.0 Å². The molecule has 0 amide bonds. The van der Waals surface area contributed by atoms with E-state index in [1.54, 1.807) is 12.1 Å². The van der Waals surface area contributed by atoms with Gasteiger partial charge >= 0.3 is 0 Å². The van der Waals surface area contributed by atoms with Gasteiger partial charge in [0.2, 0.25) is 0 Å². The summed E-state index contributed by atoms with van der Waals surface area (Å²) >= 11 is 9.02. The second-order valence-electron chi connectivity index (χ2n) is 4.60. The molecule has 94 valence electrons. The van der Waals surface area contributed by atoms with Gasteiger partial charge in [-0.1, -0.05) is 17.7 Å². The molecule has 2 nitrogen and oxygen atoms in total. The zero-order valence-corrected chi connectivity index (χ0v) is 11.9. The number of hydrogen-bond donors (Lipinski definition) is 1. The Kier molecular flexibility index (Phi) is 3.78. The van der Waals surface area contributed by atoms with Crippen molar-refractivity contribution in [2.24, 2.45) is 0 Å². The second kappa shape index (κ2) is 4.84. The van der Waals surface area contributed by atoms with E-state index in [0.29, 0.717) is 17.4 Å². The number of β-amino-alcohol motifs (C(OH)–C–C–N with tert-alkyl or cyclic N) is 1. The molecule has 1 aliphatic heterocycles. The van der Waals surface area contributed by atoms with Crippen LogP contribution in [0.5, 0.6) is 0 Å². The van der Waals surface area contributed by atoms with Crippen molar-refractivity contribution in [3.8, 4) is 0 Å². The van der Waals surface area contributed by atoms with Crippen LogP contribution in [0.15, 0.2) is 16.6 Å². The highest BCUT2D eigenvalue weighted by Gasteiger charge is 2.36. The topological polar surface area (TPSA) is 23.5 Å². The zero-order valence-electron chi connectivity index (χ0n) is 9.51. The maximum absolute atomic E-state index is 14.1. The van der Waals surface area contributed by atoms with Crippen molar-refractivity contribution in [2.45, 2.75) is 18.4 Å². The third-order valence-corrected chi connectivity index (χ3v) is 4.46. The zero-order chi connectivity index (χ0) is 12.6. The lowest BCUT2D eigenvalue weighted by Gasteiger charge is -2.38. The maximum Gasteiger partial charge on any atom is 0.149 e. The molecular formula is C12H14BrClFNO. The number of likely N-dealkylation sites (tertiary alicyclic amines) is 1. The molecule has 1 N–H and O–H groups in total. The molecule has 0 spiro atoms. The van der Waals surface area contributed by atoms with E-state index in [4.69, 9.17) is 11.6 Å². The molecule has 17 heavy (non-hydrogen) atoms. The minimum absolute atomic E-state index is 0.0316. The predicted octanol–water partition coefficient (Wildman–Crippen LogP) is 3.15. The summed E-state index contributed by atoms with van der Waals surface area (Å²) in [4.78, 5) is 2.00. The van der Waals surface area contributed by atoms with E-state index in [1.807, 2.05) is 11.9 Å². The summed E-state index contributed by atoms with van der Waals surface area (Å²) < 4.78 is 14.6. The van der Waals surface area contributed by atoms with Crippen molar-refractivity contribution < 1.29 is 9.50 Å². The fourth-order valence-electron chi connectivity index (χ4n) is 2.35. The van der Waals surface area contributed by atoms with Gasteiger partial charge in [0.1, 0.15) is 11.4 Å². The van der Waals surface area contributed by atoms with Gasteiger partial charge in [0.15, 0.2) is 0 Å². The Balaban J connectivity index is 2.42. The van der Waals surface area contributed by atoms with Gasteiger partial charge in [0, 0.05) is 16.6 Å². The minimum Gasteiger partial charge on any atom is -0.384 e. The predicted molar refractivity (Wildman–Crippen MR) is 69.7 cm³/mol. The van der Waals surface area contributed by atoms with Crippen LogP contribution in [0.4, 0.5) is 4.39 Å². The fourth-order valence-corrected chi connectivity index (χ4v) is 2.82. The average molecular weight is 323 g/mol. The van der Waals surface area contributed by atoms with Crippen molar-refractivity contribution in [3.05, 3.63) is 33.0 Å². The molecule has 1 aliphatic rings. The van der Waals surface area contributed by atoms with E-state index in [2.05, 4.69) is 15.9 Å².